The van der Waals surface area contributed by atoms with Gasteiger partial charge in [0.15, 0.2) is 0 Å². The zero-order valence-corrected chi connectivity index (χ0v) is 16.2. The van der Waals surface area contributed by atoms with E-state index in [9.17, 15) is 39.6 Å². The summed E-state index contributed by atoms with van der Waals surface area (Å²) in [7, 11) is -2.84. The van der Waals surface area contributed by atoms with Gasteiger partial charge in [-0.2, -0.15) is 30.6 Å². The number of sulfonamides is 1. The Kier molecular flexibility index (Phi) is 6.82. The van der Waals surface area contributed by atoms with Gasteiger partial charge in [-0.25, -0.2) is 8.42 Å². The molecule has 2 aromatic rings. The highest BCUT2D eigenvalue weighted by Crippen LogP contribution is 2.29. The Morgan fingerprint density at radius 1 is 0.933 bits per heavy atom. The van der Waals surface area contributed by atoms with E-state index in [4.69, 9.17) is 0 Å². The zero-order chi connectivity index (χ0) is 22.7. The van der Waals surface area contributed by atoms with E-state index in [-0.39, 0.29) is 17.0 Å². The van der Waals surface area contributed by atoms with E-state index in [0.29, 0.717) is 5.56 Å². The molecule has 0 unspecified atom stereocenters. The summed E-state index contributed by atoms with van der Waals surface area (Å²) in [5.41, 5.74) is -0.711. The lowest BCUT2D eigenvalue weighted by Gasteiger charge is -2.18. The van der Waals surface area contributed by atoms with Gasteiger partial charge in [-0.15, -0.1) is 0 Å². The molecule has 0 aliphatic carbocycles. The van der Waals surface area contributed by atoms with E-state index in [1.807, 2.05) is 0 Å². The first-order valence-corrected chi connectivity index (χ1v) is 9.71. The van der Waals surface area contributed by atoms with Crippen LogP contribution in [0.25, 0.3) is 0 Å². The highest BCUT2D eigenvalue weighted by Gasteiger charge is 2.30. The quantitative estimate of drug-likeness (QED) is 0.675. The second kappa shape index (κ2) is 8.64. The third-order valence-electron chi connectivity index (χ3n) is 3.96. The first-order valence-electron chi connectivity index (χ1n) is 8.27. The number of carbonyl (C=O) groups is 1. The van der Waals surface area contributed by atoms with Crippen LogP contribution in [0.15, 0.2) is 53.4 Å². The molecule has 0 aliphatic heterocycles. The average molecular weight is 454 g/mol. The fraction of sp³-hybridized carbons (Fsp3) is 0.278. The van der Waals surface area contributed by atoms with Crippen molar-refractivity contribution in [2.24, 2.45) is 0 Å². The minimum atomic E-state index is -4.58. The van der Waals surface area contributed by atoms with Crippen LogP contribution in [0.2, 0.25) is 0 Å². The molecule has 1 amide bonds. The molecule has 2 aromatic carbocycles. The maximum atomic E-state index is 12.6. The topological polar surface area (TPSA) is 66.5 Å². The number of alkyl halides is 6. The number of hydrogen-bond acceptors (Lipinski definition) is 3. The molecule has 0 aromatic heterocycles. The van der Waals surface area contributed by atoms with Gasteiger partial charge in [0.1, 0.15) is 6.54 Å². The standard InChI is InChI=1S/C18H16F6N2O3S/c1-26(10-12-2-6-14(7-3-12)18(22,23)24)30(28,29)15-8-4-13(5-9-15)16(27)25-11-17(19,20)21/h2-9H,10-11H2,1H3,(H,25,27). The molecule has 30 heavy (non-hydrogen) atoms. The van der Waals surface area contributed by atoms with Crippen LogP contribution in [0.5, 0.6) is 0 Å². The number of hydrogen-bond donors (Lipinski definition) is 1. The first-order chi connectivity index (χ1) is 13.7. The summed E-state index contributed by atoms with van der Waals surface area (Å²) < 4.78 is 100. The van der Waals surface area contributed by atoms with Gasteiger partial charge in [0.05, 0.1) is 10.5 Å². The van der Waals surface area contributed by atoms with Gasteiger partial charge in [-0.3, -0.25) is 4.79 Å². The monoisotopic (exact) mass is 454 g/mol. The highest BCUT2D eigenvalue weighted by molar-refractivity contribution is 7.89. The van der Waals surface area contributed by atoms with Crippen LogP contribution in [-0.4, -0.2) is 38.4 Å². The van der Waals surface area contributed by atoms with Gasteiger partial charge in [0, 0.05) is 19.2 Å². The summed E-state index contributed by atoms with van der Waals surface area (Å²) in [6.07, 6.45) is -9.09. The van der Waals surface area contributed by atoms with Crippen LogP contribution in [0.3, 0.4) is 0 Å². The van der Waals surface area contributed by atoms with Crippen LogP contribution < -0.4 is 5.32 Å². The molecule has 0 atom stereocenters. The van der Waals surface area contributed by atoms with Gasteiger partial charge < -0.3 is 5.32 Å². The molecule has 2 rings (SSSR count). The van der Waals surface area contributed by atoms with Crippen molar-refractivity contribution < 1.29 is 39.6 Å². The normalized spacial score (nSPS) is 12.8. The number of nitrogens with zero attached hydrogens (tertiary/aromatic N) is 1. The molecule has 0 saturated heterocycles. The lowest BCUT2D eigenvalue weighted by atomic mass is 10.1. The summed E-state index contributed by atoms with van der Waals surface area (Å²) >= 11 is 0. The SMILES string of the molecule is CN(Cc1ccc(C(F)(F)F)cc1)S(=O)(=O)c1ccc(C(=O)NCC(F)(F)F)cc1. The van der Waals surface area contributed by atoms with Crippen LogP contribution in [0, 0.1) is 0 Å². The highest BCUT2D eigenvalue weighted by atomic mass is 32.2. The van der Waals surface area contributed by atoms with E-state index < -0.39 is 40.4 Å². The third-order valence-corrected chi connectivity index (χ3v) is 5.78. The molecule has 164 valence electrons. The van der Waals surface area contributed by atoms with E-state index in [1.165, 1.54) is 7.05 Å². The van der Waals surface area contributed by atoms with Crippen molar-refractivity contribution in [3.05, 3.63) is 65.2 Å². The minimum absolute atomic E-state index is 0.163. The zero-order valence-electron chi connectivity index (χ0n) is 15.4. The molecule has 0 bridgehead atoms. The Labute approximate surface area is 168 Å². The molecular formula is C18H16F6N2O3S. The van der Waals surface area contributed by atoms with E-state index in [1.54, 1.807) is 5.32 Å². The lowest BCUT2D eigenvalue weighted by Crippen LogP contribution is -2.33. The number of rotatable bonds is 6. The van der Waals surface area contributed by atoms with Crippen LogP contribution in [0.4, 0.5) is 26.3 Å². The molecule has 0 spiro atoms. The molecule has 1 N–H and O–H groups in total. The molecule has 0 saturated carbocycles. The van der Waals surface area contributed by atoms with Crippen molar-refractivity contribution in [3.63, 3.8) is 0 Å². The van der Waals surface area contributed by atoms with Gasteiger partial charge in [-0.05, 0) is 42.0 Å². The first kappa shape index (κ1) is 23.7. The van der Waals surface area contributed by atoms with Gasteiger partial charge in [0.25, 0.3) is 5.91 Å². The molecule has 0 fully saturated rings. The van der Waals surface area contributed by atoms with Crippen molar-refractivity contribution in [1.82, 2.24) is 9.62 Å². The molecule has 5 nitrogen and oxygen atoms in total. The lowest BCUT2D eigenvalue weighted by molar-refractivity contribution is -0.137. The van der Waals surface area contributed by atoms with Crippen LogP contribution in [-0.2, 0) is 22.7 Å². The van der Waals surface area contributed by atoms with Gasteiger partial charge in [0.2, 0.25) is 10.0 Å². The molecule has 0 heterocycles. The Hall–Kier alpha value is -2.60. The smallest absolute Gasteiger partial charge is 0.343 e. The van der Waals surface area contributed by atoms with Crippen LogP contribution in [0.1, 0.15) is 21.5 Å². The summed E-state index contributed by atoms with van der Waals surface area (Å²) in [4.78, 5) is 11.4. The van der Waals surface area contributed by atoms with Crippen molar-refractivity contribution in [3.8, 4) is 0 Å². The van der Waals surface area contributed by atoms with Crippen molar-refractivity contribution in [2.75, 3.05) is 13.6 Å². The third kappa shape index (κ3) is 6.20. The van der Waals surface area contributed by atoms with Crippen LogP contribution >= 0.6 is 0 Å². The second-order valence-corrected chi connectivity index (χ2v) is 8.32. The average Bonchev–Trinajstić information content (AvgIpc) is 2.65. The van der Waals surface area contributed by atoms with Gasteiger partial charge >= 0.3 is 12.4 Å². The predicted octanol–water partition coefficient (Wildman–Crippen LogP) is 3.82. The predicted molar refractivity (Wildman–Crippen MR) is 94.9 cm³/mol. The summed E-state index contributed by atoms with van der Waals surface area (Å²) in [6, 6.07) is 8.22. The van der Waals surface area contributed by atoms with Crippen molar-refractivity contribution >= 4 is 15.9 Å². The maximum absolute atomic E-state index is 12.6. The van der Waals surface area contributed by atoms with Crippen molar-refractivity contribution in [1.29, 1.82) is 0 Å². The number of nitrogens with one attached hydrogen (secondary N) is 1. The fourth-order valence-corrected chi connectivity index (χ4v) is 3.54. The molecule has 0 radical (unpaired) electrons. The largest absolute Gasteiger partial charge is 0.416 e. The number of halogens is 6. The summed E-state index contributed by atoms with van der Waals surface area (Å²) in [5, 5.41) is 1.66. The Bertz CT molecular complexity index is 985. The number of carbonyl (C=O) groups excluding carboxylic acids is 1. The maximum Gasteiger partial charge on any atom is 0.416 e. The summed E-state index contributed by atoms with van der Waals surface area (Å²) in [5.74, 6) is -1.02. The number of amides is 1. The van der Waals surface area contributed by atoms with Gasteiger partial charge in [-0.1, -0.05) is 12.1 Å². The second-order valence-electron chi connectivity index (χ2n) is 6.28. The molecule has 0 aliphatic rings. The summed E-state index contributed by atoms with van der Waals surface area (Å²) in [6.45, 7) is -1.74. The van der Waals surface area contributed by atoms with E-state index in [2.05, 4.69) is 0 Å². The van der Waals surface area contributed by atoms with E-state index >= 15 is 0 Å². The molecule has 12 heteroatoms. The number of benzene rings is 2. The van der Waals surface area contributed by atoms with E-state index in [0.717, 1.165) is 52.8 Å². The molecular weight excluding hydrogens is 438 g/mol. The Morgan fingerprint density at radius 3 is 1.93 bits per heavy atom. The Morgan fingerprint density at radius 2 is 1.47 bits per heavy atom. The van der Waals surface area contributed by atoms with Crippen molar-refractivity contribution in [2.45, 2.75) is 23.8 Å². The minimum Gasteiger partial charge on any atom is -0.343 e. The Balaban J connectivity index is 2.09. The fourth-order valence-electron chi connectivity index (χ4n) is 2.38.